The fourth-order valence-corrected chi connectivity index (χ4v) is 9.70. The van der Waals surface area contributed by atoms with Crippen molar-refractivity contribution in [2.24, 2.45) is 0 Å². The predicted octanol–water partition coefficient (Wildman–Crippen LogP) is 13.0. The summed E-state index contributed by atoms with van der Waals surface area (Å²) in [6, 6.07) is 58.3. The van der Waals surface area contributed by atoms with Crippen LogP contribution in [-0.2, 0) is 5.41 Å². The third kappa shape index (κ3) is 3.73. The highest BCUT2D eigenvalue weighted by atomic mass is 35.5. The molecule has 0 aliphatic heterocycles. The molecule has 1 nitrogen and oxygen atoms in total. The fourth-order valence-electron chi connectivity index (χ4n) is 8.14. The van der Waals surface area contributed by atoms with Crippen molar-refractivity contribution in [3.63, 3.8) is 0 Å². The molecule has 226 valence electrons. The van der Waals surface area contributed by atoms with Crippen molar-refractivity contribution in [2.45, 2.75) is 5.41 Å². The Balaban J connectivity index is 1.44. The maximum Gasteiger partial charge on any atom is 0.142 e. The number of fused-ring (bicyclic) bond motifs is 10. The van der Waals surface area contributed by atoms with Gasteiger partial charge in [0.25, 0.3) is 0 Å². The minimum atomic E-state index is -0.669. The molecule has 0 fully saturated rings. The monoisotopic (exact) mass is 650 g/mol. The van der Waals surface area contributed by atoms with Crippen molar-refractivity contribution in [3.8, 4) is 65.8 Å². The average Bonchev–Trinajstić information content (AvgIpc) is 3.89. The van der Waals surface area contributed by atoms with E-state index in [1.54, 1.807) is 0 Å². The largest absolute Gasteiger partial charge is 0.455 e. The summed E-state index contributed by atoms with van der Waals surface area (Å²) in [5, 5.41) is 0.725. The highest BCUT2D eigenvalue weighted by Gasteiger charge is 2.57. The first-order valence-corrected chi connectivity index (χ1v) is 17.4. The molecule has 0 saturated carbocycles. The molecular weight excluding hydrogens is 624 g/mol. The van der Waals surface area contributed by atoms with Crippen LogP contribution < -0.4 is 0 Å². The van der Waals surface area contributed by atoms with Gasteiger partial charge in [0.05, 0.1) is 5.41 Å². The standard InChI is InChI=1S/C45H27ClOS/c46-32-25-26-34-36(27-32)45(40-38(34)43(30-19-9-3-10-20-30)48-44(40)31-21-11-4-12-22-31)35-24-14-13-23-33(35)37-39(45)42(29-17-7-2-8-18-29)47-41(37)28-15-5-1-6-16-28/h1-27H. The first-order chi connectivity index (χ1) is 23.7. The number of thiophene rings is 1. The Kier molecular flexibility index (Phi) is 6.08. The summed E-state index contributed by atoms with van der Waals surface area (Å²) in [5.74, 6) is 1.79. The van der Waals surface area contributed by atoms with Crippen LogP contribution in [-0.4, -0.2) is 0 Å². The van der Waals surface area contributed by atoms with Gasteiger partial charge in [-0.05, 0) is 51.1 Å². The maximum absolute atomic E-state index is 7.17. The molecule has 3 heteroatoms. The van der Waals surface area contributed by atoms with Crippen molar-refractivity contribution < 1.29 is 4.42 Å². The maximum atomic E-state index is 7.17. The molecule has 1 atom stereocenters. The van der Waals surface area contributed by atoms with Gasteiger partial charge in [-0.1, -0.05) is 163 Å². The molecule has 0 radical (unpaired) electrons. The van der Waals surface area contributed by atoms with E-state index in [-0.39, 0.29) is 0 Å². The van der Waals surface area contributed by atoms with Crippen LogP contribution in [0.2, 0.25) is 5.02 Å². The Labute approximate surface area is 288 Å². The lowest BCUT2D eigenvalue weighted by Gasteiger charge is -2.31. The van der Waals surface area contributed by atoms with E-state index in [9.17, 15) is 0 Å². The molecule has 2 aliphatic carbocycles. The Hall–Kier alpha value is -5.41. The number of hydrogen-bond donors (Lipinski definition) is 0. The van der Waals surface area contributed by atoms with E-state index in [1.165, 1.54) is 59.8 Å². The van der Waals surface area contributed by atoms with Gasteiger partial charge in [-0.3, -0.25) is 0 Å². The molecule has 2 aromatic heterocycles. The van der Waals surface area contributed by atoms with Gasteiger partial charge in [0.15, 0.2) is 0 Å². The van der Waals surface area contributed by atoms with E-state index in [0.717, 1.165) is 33.2 Å². The van der Waals surface area contributed by atoms with Crippen molar-refractivity contribution in [1.29, 1.82) is 0 Å². The van der Waals surface area contributed by atoms with Crippen LogP contribution in [0.15, 0.2) is 168 Å². The van der Waals surface area contributed by atoms with E-state index in [1.807, 2.05) is 17.4 Å². The average molecular weight is 651 g/mol. The normalized spacial score (nSPS) is 15.3. The number of rotatable bonds is 4. The van der Waals surface area contributed by atoms with E-state index in [0.29, 0.717) is 0 Å². The molecule has 0 amide bonds. The zero-order valence-electron chi connectivity index (χ0n) is 25.8. The highest BCUT2D eigenvalue weighted by Crippen LogP contribution is 2.70. The molecule has 0 saturated heterocycles. The van der Waals surface area contributed by atoms with E-state index < -0.39 is 5.41 Å². The summed E-state index contributed by atoms with van der Waals surface area (Å²) >= 11 is 8.89. The number of hydrogen-bond acceptors (Lipinski definition) is 2. The quantitative estimate of drug-likeness (QED) is 0.185. The molecule has 2 heterocycles. The van der Waals surface area contributed by atoms with Gasteiger partial charge in [0, 0.05) is 42.6 Å². The molecule has 1 unspecified atom stereocenters. The third-order valence-electron chi connectivity index (χ3n) is 9.97. The Bertz CT molecular complexity index is 2450. The van der Waals surface area contributed by atoms with Crippen molar-refractivity contribution in [3.05, 3.63) is 191 Å². The third-order valence-corrected chi connectivity index (χ3v) is 11.5. The summed E-state index contributed by atoms with van der Waals surface area (Å²) in [6.45, 7) is 0. The van der Waals surface area contributed by atoms with Gasteiger partial charge in [-0.2, -0.15) is 0 Å². The van der Waals surface area contributed by atoms with E-state index in [2.05, 4.69) is 158 Å². The second kappa shape index (κ2) is 10.6. The topological polar surface area (TPSA) is 13.1 Å². The minimum absolute atomic E-state index is 0.669. The first kappa shape index (κ1) is 27.7. The summed E-state index contributed by atoms with van der Waals surface area (Å²) in [4.78, 5) is 2.53. The van der Waals surface area contributed by atoms with Crippen LogP contribution in [0, 0.1) is 0 Å². The molecule has 1 spiro atoms. The van der Waals surface area contributed by atoms with Crippen LogP contribution in [0.25, 0.3) is 65.8 Å². The van der Waals surface area contributed by atoms with Gasteiger partial charge < -0.3 is 4.42 Å². The molecule has 0 N–H and O–H groups in total. The predicted molar refractivity (Wildman–Crippen MR) is 200 cm³/mol. The lowest BCUT2D eigenvalue weighted by molar-refractivity contribution is 0.588. The minimum Gasteiger partial charge on any atom is -0.455 e. The van der Waals surface area contributed by atoms with Crippen LogP contribution >= 0.6 is 22.9 Å². The van der Waals surface area contributed by atoms with Gasteiger partial charge in [-0.25, -0.2) is 0 Å². The molecule has 10 rings (SSSR count). The van der Waals surface area contributed by atoms with Crippen LogP contribution in [0.3, 0.4) is 0 Å². The number of halogens is 1. The molecular formula is C45H27ClOS. The van der Waals surface area contributed by atoms with Gasteiger partial charge in [0.2, 0.25) is 0 Å². The second-order valence-corrected chi connectivity index (χ2v) is 13.9. The van der Waals surface area contributed by atoms with Crippen LogP contribution in [0.1, 0.15) is 22.3 Å². The molecule has 48 heavy (non-hydrogen) atoms. The summed E-state index contributed by atoms with van der Waals surface area (Å²) in [5.41, 5.74) is 13.7. The summed E-state index contributed by atoms with van der Waals surface area (Å²) in [6.07, 6.45) is 0. The molecule has 6 aromatic carbocycles. The van der Waals surface area contributed by atoms with E-state index in [4.69, 9.17) is 16.0 Å². The lowest BCUT2D eigenvalue weighted by atomic mass is 9.69. The SMILES string of the molecule is Clc1ccc2c(c1)C1(c3ccccc3-c3c(-c4ccccc4)oc(-c4ccccc4)c31)c1c(-c3ccccc3)sc(-c3ccccc3)c1-2. The first-order valence-electron chi connectivity index (χ1n) is 16.2. The van der Waals surface area contributed by atoms with Crippen LogP contribution in [0.4, 0.5) is 0 Å². The summed E-state index contributed by atoms with van der Waals surface area (Å²) < 4.78 is 7.17. The molecule has 2 aliphatic rings. The molecule has 8 aromatic rings. The number of furan rings is 1. The van der Waals surface area contributed by atoms with Crippen molar-refractivity contribution >= 4 is 22.9 Å². The Morgan fingerprint density at radius 2 is 0.958 bits per heavy atom. The van der Waals surface area contributed by atoms with Gasteiger partial charge in [0.1, 0.15) is 11.5 Å². The van der Waals surface area contributed by atoms with Crippen molar-refractivity contribution in [2.75, 3.05) is 0 Å². The Morgan fingerprint density at radius 1 is 0.438 bits per heavy atom. The number of benzene rings is 6. The summed E-state index contributed by atoms with van der Waals surface area (Å²) in [7, 11) is 0. The van der Waals surface area contributed by atoms with Crippen LogP contribution in [0.5, 0.6) is 0 Å². The molecule has 0 bridgehead atoms. The Morgan fingerprint density at radius 3 is 1.60 bits per heavy atom. The van der Waals surface area contributed by atoms with E-state index >= 15 is 0 Å². The second-order valence-electron chi connectivity index (χ2n) is 12.5. The zero-order chi connectivity index (χ0) is 31.8. The van der Waals surface area contributed by atoms with Gasteiger partial charge >= 0.3 is 0 Å². The fraction of sp³-hybridized carbons (Fsp3) is 0.0222. The van der Waals surface area contributed by atoms with Crippen molar-refractivity contribution in [1.82, 2.24) is 0 Å². The zero-order valence-corrected chi connectivity index (χ0v) is 27.4. The smallest absolute Gasteiger partial charge is 0.142 e. The van der Waals surface area contributed by atoms with Gasteiger partial charge in [-0.15, -0.1) is 11.3 Å². The highest BCUT2D eigenvalue weighted by molar-refractivity contribution is 7.19. The lowest BCUT2D eigenvalue weighted by Crippen LogP contribution is -2.26.